The van der Waals surface area contributed by atoms with Gasteiger partial charge in [0.1, 0.15) is 0 Å². The van der Waals surface area contributed by atoms with Gasteiger partial charge in [-0.05, 0) is 48.9 Å². The highest BCUT2D eigenvalue weighted by Crippen LogP contribution is 2.30. The smallest absolute Gasteiger partial charge is 0.0670 e. The quantitative estimate of drug-likeness (QED) is 0.799. The Morgan fingerprint density at radius 2 is 2.05 bits per heavy atom. The molecule has 0 heterocycles. The molecule has 3 nitrogen and oxygen atoms in total. The summed E-state index contributed by atoms with van der Waals surface area (Å²) in [7, 11) is 0. The summed E-state index contributed by atoms with van der Waals surface area (Å²) in [4.78, 5) is 2.55. The summed E-state index contributed by atoms with van der Waals surface area (Å²) < 4.78 is 0. The van der Waals surface area contributed by atoms with Crippen LogP contribution in [0.1, 0.15) is 51.5 Å². The molecule has 0 atom stereocenters. The van der Waals surface area contributed by atoms with Gasteiger partial charge in [0.15, 0.2) is 0 Å². The van der Waals surface area contributed by atoms with Crippen LogP contribution in [0.4, 0.5) is 11.4 Å². The van der Waals surface area contributed by atoms with E-state index in [4.69, 9.17) is 11.0 Å². The van der Waals surface area contributed by atoms with Gasteiger partial charge in [0.05, 0.1) is 12.5 Å². The second kappa shape index (κ2) is 7.36. The highest BCUT2D eigenvalue weighted by atomic mass is 15.2. The van der Waals surface area contributed by atoms with E-state index in [-0.39, 0.29) is 0 Å². The molecule has 0 amide bonds. The molecule has 21 heavy (non-hydrogen) atoms. The maximum Gasteiger partial charge on any atom is 0.0670 e. The van der Waals surface area contributed by atoms with E-state index in [0.29, 0.717) is 18.4 Å². The number of anilines is 2. The van der Waals surface area contributed by atoms with Gasteiger partial charge in [-0.2, -0.15) is 5.26 Å². The van der Waals surface area contributed by atoms with Crippen LogP contribution in [0.3, 0.4) is 0 Å². The van der Waals surface area contributed by atoms with Gasteiger partial charge in [-0.1, -0.05) is 26.7 Å². The molecule has 114 valence electrons. The molecule has 1 fully saturated rings. The molecule has 0 spiro atoms. The van der Waals surface area contributed by atoms with Crippen molar-refractivity contribution in [2.24, 2.45) is 5.92 Å². The average Bonchev–Trinajstić information content (AvgIpc) is 2.96. The number of benzene rings is 1. The minimum atomic E-state index is 0.391. The molecule has 1 saturated carbocycles. The third kappa shape index (κ3) is 4.14. The van der Waals surface area contributed by atoms with Crippen LogP contribution in [0, 0.1) is 17.2 Å². The number of nitrogens with zero attached hydrogens (tertiary/aromatic N) is 2. The molecule has 1 aromatic rings. The fourth-order valence-corrected chi connectivity index (χ4v) is 3.14. The lowest BCUT2D eigenvalue weighted by Crippen LogP contribution is -2.34. The maximum atomic E-state index is 8.94. The number of hydrogen-bond acceptors (Lipinski definition) is 3. The summed E-state index contributed by atoms with van der Waals surface area (Å²) >= 11 is 0. The normalized spacial score (nSPS) is 15.3. The van der Waals surface area contributed by atoms with Gasteiger partial charge in [0.25, 0.3) is 0 Å². The van der Waals surface area contributed by atoms with Gasteiger partial charge in [0, 0.05) is 24.0 Å². The summed E-state index contributed by atoms with van der Waals surface area (Å²) in [5, 5.41) is 8.94. The first-order valence-electron chi connectivity index (χ1n) is 8.13. The van der Waals surface area contributed by atoms with Crippen LogP contribution in [0.25, 0.3) is 0 Å². The monoisotopic (exact) mass is 285 g/mol. The van der Waals surface area contributed by atoms with Crippen molar-refractivity contribution in [3.63, 3.8) is 0 Å². The number of hydrogen-bond donors (Lipinski definition) is 1. The van der Waals surface area contributed by atoms with Gasteiger partial charge >= 0.3 is 0 Å². The van der Waals surface area contributed by atoms with Crippen LogP contribution in [0.15, 0.2) is 18.2 Å². The molecule has 0 aliphatic heterocycles. The highest BCUT2D eigenvalue weighted by molar-refractivity contribution is 5.59. The van der Waals surface area contributed by atoms with E-state index in [1.807, 2.05) is 6.07 Å². The minimum Gasteiger partial charge on any atom is -0.398 e. The van der Waals surface area contributed by atoms with Crippen LogP contribution in [0.5, 0.6) is 0 Å². The van der Waals surface area contributed by atoms with Crippen molar-refractivity contribution < 1.29 is 0 Å². The molecule has 3 heteroatoms. The van der Waals surface area contributed by atoms with Gasteiger partial charge in [-0.3, -0.25) is 0 Å². The predicted octanol–water partition coefficient (Wildman–Crippen LogP) is 4.13. The number of nitrogen functional groups attached to an aromatic ring is 1. The van der Waals surface area contributed by atoms with Crippen LogP contribution < -0.4 is 10.6 Å². The van der Waals surface area contributed by atoms with Crippen molar-refractivity contribution in [3.05, 3.63) is 23.8 Å². The largest absolute Gasteiger partial charge is 0.398 e. The average molecular weight is 285 g/mol. The molecule has 0 aromatic heterocycles. The van der Waals surface area contributed by atoms with Crippen LogP contribution in [-0.2, 0) is 6.42 Å². The SMILES string of the molecule is CC(C)CCN(c1ccc(N)c(CC#N)c1)C1CCCC1. The maximum absolute atomic E-state index is 8.94. The number of nitrogens with two attached hydrogens (primary N) is 1. The zero-order valence-corrected chi connectivity index (χ0v) is 13.3. The first kappa shape index (κ1) is 15.7. The Kier molecular flexibility index (Phi) is 5.50. The molecular formula is C18H27N3. The number of nitriles is 1. The fourth-order valence-electron chi connectivity index (χ4n) is 3.14. The van der Waals surface area contributed by atoms with Gasteiger partial charge < -0.3 is 10.6 Å². The molecule has 1 aliphatic carbocycles. The second-order valence-electron chi connectivity index (χ2n) is 6.53. The summed E-state index contributed by atoms with van der Waals surface area (Å²) in [5.74, 6) is 0.710. The Labute approximate surface area is 128 Å². The van der Waals surface area contributed by atoms with Crippen LogP contribution in [-0.4, -0.2) is 12.6 Å². The Hall–Kier alpha value is -1.69. The molecule has 0 bridgehead atoms. The van der Waals surface area contributed by atoms with Crippen molar-refractivity contribution in [3.8, 4) is 6.07 Å². The summed E-state index contributed by atoms with van der Waals surface area (Å²) in [6.07, 6.45) is 6.84. The summed E-state index contributed by atoms with van der Waals surface area (Å²) in [5.41, 5.74) is 8.91. The summed E-state index contributed by atoms with van der Waals surface area (Å²) in [6.45, 7) is 5.64. The van der Waals surface area contributed by atoms with E-state index in [9.17, 15) is 0 Å². The lowest BCUT2D eigenvalue weighted by molar-refractivity contribution is 0.528. The molecule has 0 saturated heterocycles. The number of rotatable bonds is 6. The fraction of sp³-hybridized carbons (Fsp3) is 0.611. The van der Waals surface area contributed by atoms with Crippen molar-refractivity contribution >= 4 is 11.4 Å². The van der Waals surface area contributed by atoms with Crippen LogP contribution in [0.2, 0.25) is 0 Å². The highest BCUT2D eigenvalue weighted by Gasteiger charge is 2.23. The standard InChI is InChI=1S/C18H27N3/c1-14(2)10-12-21(16-5-3-4-6-16)17-7-8-18(20)15(13-17)9-11-19/h7-8,13-14,16H,3-6,9-10,12,20H2,1-2H3. The van der Waals surface area contributed by atoms with Crippen molar-refractivity contribution in [2.75, 3.05) is 17.2 Å². The van der Waals surface area contributed by atoms with Crippen molar-refractivity contribution in [1.29, 1.82) is 5.26 Å². The van der Waals surface area contributed by atoms with E-state index < -0.39 is 0 Å². The third-order valence-corrected chi connectivity index (χ3v) is 4.44. The lowest BCUT2D eigenvalue weighted by atomic mass is 10.0. The Morgan fingerprint density at radius 3 is 2.67 bits per heavy atom. The van der Waals surface area contributed by atoms with Crippen molar-refractivity contribution in [2.45, 2.75) is 58.4 Å². The van der Waals surface area contributed by atoms with E-state index in [1.54, 1.807) is 0 Å². The van der Waals surface area contributed by atoms with Gasteiger partial charge in [0.2, 0.25) is 0 Å². The van der Waals surface area contributed by atoms with Gasteiger partial charge in [-0.15, -0.1) is 0 Å². The second-order valence-corrected chi connectivity index (χ2v) is 6.53. The zero-order valence-electron chi connectivity index (χ0n) is 13.3. The Balaban J connectivity index is 2.22. The predicted molar refractivity (Wildman–Crippen MR) is 89.2 cm³/mol. The van der Waals surface area contributed by atoms with E-state index in [1.165, 1.54) is 37.8 Å². The van der Waals surface area contributed by atoms with E-state index >= 15 is 0 Å². The van der Waals surface area contributed by atoms with Crippen LogP contribution >= 0.6 is 0 Å². The molecule has 0 unspecified atom stereocenters. The summed E-state index contributed by atoms with van der Waals surface area (Å²) in [6, 6.07) is 9.07. The van der Waals surface area contributed by atoms with Crippen molar-refractivity contribution in [1.82, 2.24) is 0 Å². The molecule has 2 rings (SSSR count). The van der Waals surface area contributed by atoms with Gasteiger partial charge in [-0.25, -0.2) is 0 Å². The molecule has 1 aromatic carbocycles. The Morgan fingerprint density at radius 1 is 1.33 bits per heavy atom. The molecule has 0 radical (unpaired) electrons. The first-order chi connectivity index (χ1) is 10.1. The zero-order chi connectivity index (χ0) is 15.2. The molecule has 2 N–H and O–H groups in total. The molecular weight excluding hydrogens is 258 g/mol. The molecule has 1 aliphatic rings. The minimum absolute atomic E-state index is 0.391. The van der Waals surface area contributed by atoms with E-state index in [0.717, 1.165) is 17.8 Å². The van der Waals surface area contributed by atoms with E-state index in [2.05, 4.69) is 36.9 Å². The lowest BCUT2D eigenvalue weighted by Gasteiger charge is -2.32. The third-order valence-electron chi connectivity index (χ3n) is 4.44. The first-order valence-corrected chi connectivity index (χ1v) is 8.13. The Bertz CT molecular complexity index is 496. The topological polar surface area (TPSA) is 53.0 Å².